The lowest BCUT2D eigenvalue weighted by molar-refractivity contribution is -0.143. The summed E-state index contributed by atoms with van der Waals surface area (Å²) in [6, 6.07) is 5.40. The first-order chi connectivity index (χ1) is 10.8. The van der Waals surface area contributed by atoms with Crippen LogP contribution >= 0.6 is 15.9 Å². The Morgan fingerprint density at radius 1 is 1.48 bits per heavy atom. The third-order valence-corrected chi connectivity index (χ3v) is 4.06. The zero-order chi connectivity index (χ0) is 16.8. The molecular weight excluding hydrogens is 366 g/mol. The van der Waals surface area contributed by atoms with E-state index in [4.69, 9.17) is 9.52 Å². The predicted molar refractivity (Wildman–Crippen MR) is 88.4 cm³/mol. The number of benzene rings is 1. The van der Waals surface area contributed by atoms with Crippen LogP contribution in [0.4, 0.5) is 0 Å². The highest BCUT2D eigenvalue weighted by Gasteiger charge is 2.26. The number of halogens is 1. The monoisotopic (exact) mass is 379 g/mol. The molecule has 0 aliphatic carbocycles. The lowest BCUT2D eigenvalue weighted by atomic mass is 10.1. The van der Waals surface area contributed by atoms with Gasteiger partial charge >= 0.3 is 5.97 Å². The van der Waals surface area contributed by atoms with Crippen molar-refractivity contribution in [1.82, 2.24) is 15.3 Å². The van der Waals surface area contributed by atoms with Crippen LogP contribution in [0.3, 0.4) is 0 Å². The Balaban J connectivity index is 2.06. The molecule has 0 aliphatic heterocycles. The first-order valence-electron chi connectivity index (χ1n) is 6.87. The number of nitrogens with one attached hydrogen (secondary N) is 2. The molecule has 0 bridgehead atoms. The molecule has 0 fully saturated rings. The van der Waals surface area contributed by atoms with Crippen molar-refractivity contribution in [2.24, 2.45) is 0 Å². The first kappa shape index (κ1) is 15.7. The molecule has 120 valence electrons. The Morgan fingerprint density at radius 3 is 2.91 bits per heavy atom. The fourth-order valence-electron chi connectivity index (χ4n) is 2.14. The molecule has 1 aromatic carbocycles. The van der Waals surface area contributed by atoms with Crippen molar-refractivity contribution >= 4 is 44.0 Å². The van der Waals surface area contributed by atoms with E-state index >= 15 is 0 Å². The quantitative estimate of drug-likeness (QED) is 0.642. The molecule has 0 amide bonds. The predicted octanol–water partition coefficient (Wildman–Crippen LogP) is 2.38. The van der Waals surface area contributed by atoms with Crippen LogP contribution in [-0.2, 0) is 11.3 Å². The lowest BCUT2D eigenvalue weighted by Gasteiger charge is -2.20. The summed E-state index contributed by atoms with van der Waals surface area (Å²) in [7, 11) is 0. The molecular formula is C15H14BrN3O4. The van der Waals surface area contributed by atoms with E-state index in [0.717, 1.165) is 9.86 Å². The number of aromatic amines is 1. The number of hydrogen-bond acceptors (Lipinski definition) is 5. The number of carbonyl (C=O) groups is 1. The summed E-state index contributed by atoms with van der Waals surface area (Å²) >= 11 is 3.38. The van der Waals surface area contributed by atoms with Gasteiger partial charge in [-0.15, -0.1) is 0 Å². The number of H-pyrrole nitrogens is 1. The minimum absolute atomic E-state index is 0.116. The molecule has 0 saturated carbocycles. The van der Waals surface area contributed by atoms with E-state index in [0.29, 0.717) is 16.9 Å². The zero-order valence-electron chi connectivity index (χ0n) is 12.4. The highest BCUT2D eigenvalue weighted by molar-refractivity contribution is 9.10. The van der Waals surface area contributed by atoms with Crippen molar-refractivity contribution in [3.05, 3.63) is 38.9 Å². The van der Waals surface area contributed by atoms with Crippen LogP contribution in [0, 0.1) is 0 Å². The summed E-state index contributed by atoms with van der Waals surface area (Å²) in [5.74, 6) is -0.641. The van der Waals surface area contributed by atoms with Gasteiger partial charge in [0.15, 0.2) is 0 Å². The van der Waals surface area contributed by atoms with Crippen LogP contribution in [0.5, 0.6) is 0 Å². The van der Waals surface area contributed by atoms with Gasteiger partial charge in [-0.2, -0.15) is 0 Å². The maximum atomic E-state index is 12.2. The van der Waals surface area contributed by atoms with Crippen molar-refractivity contribution in [3.63, 3.8) is 0 Å². The molecule has 0 unspecified atom stereocenters. The van der Waals surface area contributed by atoms with Gasteiger partial charge in [0.25, 0.3) is 5.56 Å². The second-order valence-corrected chi connectivity index (χ2v) is 6.63. The van der Waals surface area contributed by atoms with E-state index < -0.39 is 17.1 Å². The number of fused-ring (bicyclic) bond motifs is 3. The third-order valence-electron chi connectivity index (χ3n) is 3.57. The molecule has 0 atom stereocenters. The molecule has 3 rings (SSSR count). The smallest absolute Gasteiger partial charge is 0.323 e. The zero-order valence-corrected chi connectivity index (χ0v) is 14.0. The fourth-order valence-corrected chi connectivity index (χ4v) is 2.50. The standard InChI is InChI=1S/C15H14BrN3O4/c1-15(2,14(21)22)17-6-10-18-11-8-5-7(16)3-4-9(8)23-12(11)13(20)19-10/h3-5,17H,6H2,1-2H3,(H,21,22)(H,18,19,20). The number of aromatic nitrogens is 2. The van der Waals surface area contributed by atoms with Crippen molar-refractivity contribution < 1.29 is 14.3 Å². The molecule has 8 heteroatoms. The normalized spacial score (nSPS) is 12.1. The Morgan fingerprint density at radius 2 is 2.22 bits per heavy atom. The van der Waals surface area contributed by atoms with Crippen molar-refractivity contribution in [2.45, 2.75) is 25.9 Å². The van der Waals surface area contributed by atoms with Gasteiger partial charge in [-0.05, 0) is 32.0 Å². The second kappa shape index (κ2) is 5.47. The molecule has 23 heavy (non-hydrogen) atoms. The molecule has 2 aromatic heterocycles. The maximum Gasteiger partial charge on any atom is 0.323 e. The number of nitrogens with zero attached hydrogens (tertiary/aromatic N) is 1. The van der Waals surface area contributed by atoms with Gasteiger partial charge in [0.1, 0.15) is 22.5 Å². The fraction of sp³-hybridized carbons (Fsp3) is 0.267. The number of hydrogen-bond donors (Lipinski definition) is 3. The highest BCUT2D eigenvalue weighted by Crippen LogP contribution is 2.27. The number of aliphatic carboxylic acids is 1. The summed E-state index contributed by atoms with van der Waals surface area (Å²) in [4.78, 5) is 30.3. The van der Waals surface area contributed by atoms with E-state index in [-0.39, 0.29) is 12.1 Å². The van der Waals surface area contributed by atoms with Crippen LogP contribution in [0.25, 0.3) is 22.1 Å². The van der Waals surface area contributed by atoms with E-state index in [2.05, 4.69) is 31.2 Å². The van der Waals surface area contributed by atoms with Crippen molar-refractivity contribution in [3.8, 4) is 0 Å². The average Bonchev–Trinajstić information content (AvgIpc) is 2.84. The number of rotatable bonds is 4. The van der Waals surface area contributed by atoms with Gasteiger partial charge in [0.2, 0.25) is 5.58 Å². The number of carboxylic acids is 1. The topological polar surface area (TPSA) is 108 Å². The van der Waals surface area contributed by atoms with Crippen LogP contribution in [0.2, 0.25) is 0 Å². The Bertz CT molecular complexity index is 974. The number of furan rings is 1. The van der Waals surface area contributed by atoms with Gasteiger partial charge in [0, 0.05) is 9.86 Å². The maximum absolute atomic E-state index is 12.2. The Kier molecular flexibility index (Phi) is 3.73. The second-order valence-electron chi connectivity index (χ2n) is 5.72. The van der Waals surface area contributed by atoms with Gasteiger partial charge in [-0.25, -0.2) is 4.98 Å². The summed E-state index contributed by atoms with van der Waals surface area (Å²) in [5, 5.41) is 12.7. The van der Waals surface area contributed by atoms with E-state index in [1.807, 2.05) is 12.1 Å². The summed E-state index contributed by atoms with van der Waals surface area (Å²) < 4.78 is 6.38. The van der Waals surface area contributed by atoms with Gasteiger partial charge in [0.05, 0.1) is 6.54 Å². The highest BCUT2D eigenvalue weighted by atomic mass is 79.9. The molecule has 0 spiro atoms. The molecule has 7 nitrogen and oxygen atoms in total. The largest absolute Gasteiger partial charge is 0.480 e. The number of carboxylic acid groups (broad SMARTS) is 1. The SMILES string of the molecule is CC(C)(NCc1nc2c(oc3ccc(Br)cc32)c(=O)[nH]1)C(=O)O. The minimum atomic E-state index is -1.13. The molecule has 0 saturated heterocycles. The molecule has 3 aromatic rings. The molecule has 0 aliphatic rings. The van der Waals surface area contributed by atoms with Crippen LogP contribution < -0.4 is 10.9 Å². The summed E-state index contributed by atoms with van der Waals surface area (Å²) in [6.07, 6.45) is 0. The minimum Gasteiger partial charge on any atom is -0.480 e. The van der Waals surface area contributed by atoms with Crippen molar-refractivity contribution in [1.29, 1.82) is 0 Å². The van der Waals surface area contributed by atoms with Gasteiger partial charge < -0.3 is 14.5 Å². The summed E-state index contributed by atoms with van der Waals surface area (Å²) in [5.41, 5.74) is -0.353. The van der Waals surface area contributed by atoms with Gasteiger partial charge in [-0.3, -0.25) is 14.9 Å². The van der Waals surface area contributed by atoms with E-state index in [1.54, 1.807) is 6.07 Å². The third kappa shape index (κ3) is 2.87. The molecule has 3 N–H and O–H groups in total. The summed E-state index contributed by atoms with van der Waals surface area (Å²) in [6.45, 7) is 3.19. The van der Waals surface area contributed by atoms with E-state index in [1.165, 1.54) is 13.8 Å². The van der Waals surface area contributed by atoms with E-state index in [9.17, 15) is 9.59 Å². The average molecular weight is 380 g/mol. The Hall–Kier alpha value is -2.19. The molecule has 0 radical (unpaired) electrons. The van der Waals surface area contributed by atoms with Crippen molar-refractivity contribution in [2.75, 3.05) is 0 Å². The Labute approximate surface area is 138 Å². The van der Waals surface area contributed by atoms with Crippen LogP contribution in [0.1, 0.15) is 19.7 Å². The van der Waals surface area contributed by atoms with Gasteiger partial charge in [-0.1, -0.05) is 15.9 Å². The molecule has 2 heterocycles. The van der Waals surface area contributed by atoms with Crippen LogP contribution in [-0.4, -0.2) is 26.6 Å². The lowest BCUT2D eigenvalue weighted by Crippen LogP contribution is -2.46. The van der Waals surface area contributed by atoms with Crippen LogP contribution in [0.15, 0.2) is 31.9 Å². The first-order valence-corrected chi connectivity index (χ1v) is 7.66.